The largest absolute Gasteiger partial charge is 0.490 e. The van der Waals surface area contributed by atoms with E-state index >= 15 is 0 Å². The zero-order valence-electron chi connectivity index (χ0n) is 15.2. The van der Waals surface area contributed by atoms with Crippen LogP contribution in [-0.4, -0.2) is 29.3 Å². The van der Waals surface area contributed by atoms with E-state index in [1.807, 2.05) is 13.8 Å². The molecule has 2 aromatic rings. The maximum Gasteiger partial charge on any atom is 0.257 e. The molecule has 25 heavy (non-hydrogen) atoms. The van der Waals surface area contributed by atoms with E-state index in [9.17, 15) is 4.79 Å². The highest BCUT2D eigenvalue weighted by Gasteiger charge is 2.16. The monoisotopic (exact) mass is 363 g/mol. The van der Waals surface area contributed by atoms with Crippen molar-refractivity contribution in [2.75, 3.05) is 18.5 Å². The number of carbonyl (C=O) groups excluding carboxylic acids is 1. The summed E-state index contributed by atoms with van der Waals surface area (Å²) in [5, 5.41) is 12.6. The highest BCUT2D eigenvalue weighted by Crippen LogP contribution is 2.30. The number of amides is 1. The lowest BCUT2D eigenvalue weighted by Gasteiger charge is -2.12. The summed E-state index contributed by atoms with van der Waals surface area (Å²) in [6, 6.07) is 5.15. The molecule has 1 heterocycles. The summed E-state index contributed by atoms with van der Waals surface area (Å²) >= 11 is 1.43. The van der Waals surface area contributed by atoms with Crippen LogP contribution in [0.25, 0.3) is 0 Å². The molecule has 0 aliphatic heterocycles. The van der Waals surface area contributed by atoms with Gasteiger partial charge >= 0.3 is 0 Å². The Morgan fingerprint density at radius 2 is 1.76 bits per heavy atom. The molecule has 1 aromatic carbocycles. The van der Waals surface area contributed by atoms with Crippen molar-refractivity contribution in [2.24, 2.45) is 0 Å². The van der Waals surface area contributed by atoms with Crippen LogP contribution in [0.5, 0.6) is 11.5 Å². The third-order valence-corrected chi connectivity index (χ3v) is 4.80. The minimum Gasteiger partial charge on any atom is -0.490 e. The Morgan fingerprint density at radius 3 is 2.40 bits per heavy atom. The van der Waals surface area contributed by atoms with Crippen molar-refractivity contribution in [1.82, 2.24) is 10.2 Å². The molecule has 6 nitrogen and oxygen atoms in total. The average molecular weight is 363 g/mol. The highest BCUT2D eigenvalue weighted by molar-refractivity contribution is 7.15. The Labute approximate surface area is 152 Å². The number of carbonyl (C=O) groups is 1. The first-order valence-electron chi connectivity index (χ1n) is 8.67. The summed E-state index contributed by atoms with van der Waals surface area (Å²) in [7, 11) is 0. The molecule has 0 atom stereocenters. The van der Waals surface area contributed by atoms with Gasteiger partial charge in [0.25, 0.3) is 5.91 Å². The van der Waals surface area contributed by atoms with Gasteiger partial charge in [-0.05, 0) is 44.9 Å². The average Bonchev–Trinajstić information content (AvgIpc) is 3.06. The van der Waals surface area contributed by atoms with Crippen LogP contribution in [0.15, 0.2) is 18.2 Å². The third-order valence-electron chi connectivity index (χ3n) is 3.80. The van der Waals surface area contributed by atoms with E-state index in [1.54, 1.807) is 18.2 Å². The number of nitrogens with zero attached hydrogens (tertiary/aromatic N) is 2. The molecule has 0 spiro atoms. The molecule has 136 valence electrons. The first kappa shape index (κ1) is 19.2. The lowest BCUT2D eigenvalue weighted by molar-refractivity contribution is 0.102. The molecule has 0 aliphatic rings. The van der Waals surface area contributed by atoms with Crippen molar-refractivity contribution in [3.63, 3.8) is 0 Å². The predicted molar refractivity (Wildman–Crippen MR) is 100.0 cm³/mol. The Bertz CT molecular complexity index is 699. The Morgan fingerprint density at radius 1 is 1.08 bits per heavy atom. The van der Waals surface area contributed by atoms with E-state index in [2.05, 4.69) is 29.4 Å². The van der Waals surface area contributed by atoms with Gasteiger partial charge in [-0.25, -0.2) is 0 Å². The Hall–Kier alpha value is -2.15. The fourth-order valence-electron chi connectivity index (χ4n) is 2.45. The van der Waals surface area contributed by atoms with E-state index < -0.39 is 0 Å². The summed E-state index contributed by atoms with van der Waals surface area (Å²) in [4.78, 5) is 12.5. The summed E-state index contributed by atoms with van der Waals surface area (Å²) < 4.78 is 11.1. The fourth-order valence-corrected chi connectivity index (χ4v) is 3.45. The number of aromatic nitrogens is 2. The highest BCUT2D eigenvalue weighted by atomic mass is 32.1. The predicted octanol–water partition coefficient (Wildman–Crippen LogP) is 4.49. The lowest BCUT2D eigenvalue weighted by atomic mass is 10.1. The molecule has 0 aliphatic carbocycles. The van der Waals surface area contributed by atoms with Gasteiger partial charge in [-0.2, -0.15) is 0 Å². The number of ether oxygens (including phenoxy) is 2. The molecule has 1 aromatic heterocycles. The van der Waals surface area contributed by atoms with Crippen molar-refractivity contribution in [3.8, 4) is 11.5 Å². The second-order valence-corrected chi connectivity index (χ2v) is 6.45. The quantitative estimate of drug-likeness (QED) is 0.710. The van der Waals surface area contributed by atoms with Crippen LogP contribution in [0, 0.1) is 0 Å². The molecule has 2 rings (SSSR count). The van der Waals surface area contributed by atoms with E-state index in [0.29, 0.717) is 41.3 Å². The molecule has 0 radical (unpaired) electrons. The summed E-state index contributed by atoms with van der Waals surface area (Å²) in [5.41, 5.74) is 0.492. The van der Waals surface area contributed by atoms with Gasteiger partial charge in [-0.1, -0.05) is 25.2 Å². The normalized spacial score (nSPS) is 10.8. The number of hydrogen-bond acceptors (Lipinski definition) is 6. The molecular formula is C18H25N3O3S. The molecule has 1 N–H and O–H groups in total. The summed E-state index contributed by atoms with van der Waals surface area (Å²) in [6.45, 7) is 9.09. The zero-order valence-corrected chi connectivity index (χ0v) is 16.0. The molecule has 0 bridgehead atoms. The standard InChI is InChI=1S/C18H25N3O3S/c1-5-12(6-2)17-20-21-18(25-17)19-16(22)13-9-10-14(23-7-3)15(11-13)24-8-4/h9-12H,5-8H2,1-4H3,(H,19,21,22). The van der Waals surface area contributed by atoms with Gasteiger partial charge in [0, 0.05) is 11.5 Å². The topological polar surface area (TPSA) is 73.3 Å². The smallest absolute Gasteiger partial charge is 0.257 e. The van der Waals surface area contributed by atoms with Crippen LogP contribution in [0.2, 0.25) is 0 Å². The van der Waals surface area contributed by atoms with Gasteiger partial charge in [0.2, 0.25) is 5.13 Å². The van der Waals surface area contributed by atoms with E-state index in [-0.39, 0.29) is 5.91 Å². The minimum atomic E-state index is -0.240. The third kappa shape index (κ3) is 4.92. The van der Waals surface area contributed by atoms with Gasteiger partial charge in [0.15, 0.2) is 11.5 Å². The molecular weight excluding hydrogens is 338 g/mol. The molecule has 0 saturated carbocycles. The van der Waals surface area contributed by atoms with E-state index in [0.717, 1.165) is 17.8 Å². The van der Waals surface area contributed by atoms with Crippen molar-refractivity contribution in [3.05, 3.63) is 28.8 Å². The van der Waals surface area contributed by atoms with Crippen molar-refractivity contribution in [1.29, 1.82) is 0 Å². The lowest BCUT2D eigenvalue weighted by Crippen LogP contribution is -2.12. The maximum absolute atomic E-state index is 12.5. The first-order valence-corrected chi connectivity index (χ1v) is 9.48. The minimum absolute atomic E-state index is 0.240. The fraction of sp³-hybridized carbons (Fsp3) is 0.500. The Balaban J connectivity index is 2.14. The Kier molecular flexibility index (Phi) is 7.18. The van der Waals surface area contributed by atoms with Gasteiger partial charge in [-0.3, -0.25) is 10.1 Å². The summed E-state index contributed by atoms with van der Waals surface area (Å²) in [6.07, 6.45) is 2.02. The SMILES string of the molecule is CCOc1ccc(C(=O)Nc2nnc(C(CC)CC)s2)cc1OCC. The molecule has 0 unspecified atom stereocenters. The maximum atomic E-state index is 12.5. The van der Waals surface area contributed by atoms with Crippen molar-refractivity contribution >= 4 is 22.4 Å². The number of nitrogens with one attached hydrogen (secondary N) is 1. The zero-order chi connectivity index (χ0) is 18.2. The second kappa shape index (κ2) is 9.36. The van der Waals surface area contributed by atoms with Crippen LogP contribution < -0.4 is 14.8 Å². The van der Waals surface area contributed by atoms with Crippen molar-refractivity contribution in [2.45, 2.75) is 46.5 Å². The van der Waals surface area contributed by atoms with Crippen molar-refractivity contribution < 1.29 is 14.3 Å². The molecule has 0 saturated heterocycles. The molecule has 1 amide bonds. The van der Waals surface area contributed by atoms with Gasteiger partial charge in [-0.15, -0.1) is 10.2 Å². The van der Waals surface area contributed by atoms with Crippen LogP contribution >= 0.6 is 11.3 Å². The molecule has 7 heteroatoms. The first-order chi connectivity index (χ1) is 12.1. The van der Waals surface area contributed by atoms with Crippen LogP contribution in [-0.2, 0) is 0 Å². The number of benzene rings is 1. The van der Waals surface area contributed by atoms with Gasteiger partial charge in [0.05, 0.1) is 13.2 Å². The number of anilines is 1. The van der Waals surface area contributed by atoms with Gasteiger partial charge < -0.3 is 9.47 Å². The number of rotatable bonds is 9. The molecule has 0 fully saturated rings. The summed E-state index contributed by atoms with van der Waals surface area (Å²) in [5.74, 6) is 1.34. The van der Waals surface area contributed by atoms with E-state index in [1.165, 1.54) is 11.3 Å². The van der Waals surface area contributed by atoms with Crippen LogP contribution in [0.4, 0.5) is 5.13 Å². The van der Waals surface area contributed by atoms with Crippen LogP contribution in [0.1, 0.15) is 61.8 Å². The second-order valence-electron chi connectivity index (χ2n) is 5.44. The van der Waals surface area contributed by atoms with Crippen LogP contribution in [0.3, 0.4) is 0 Å². The number of hydrogen-bond donors (Lipinski definition) is 1. The van der Waals surface area contributed by atoms with E-state index in [4.69, 9.17) is 9.47 Å². The van der Waals surface area contributed by atoms with Gasteiger partial charge in [0.1, 0.15) is 5.01 Å².